The van der Waals surface area contributed by atoms with Crippen molar-refractivity contribution in [3.8, 4) is 5.75 Å². The van der Waals surface area contributed by atoms with E-state index < -0.39 is 0 Å². The van der Waals surface area contributed by atoms with Crippen LogP contribution < -0.4 is 4.74 Å². The first kappa shape index (κ1) is 11.4. The lowest BCUT2D eigenvalue weighted by molar-refractivity contribution is 0.309. The number of unbranched alkanes of at least 4 members (excludes halogenated alkanes) is 1. The molecular formula is C12H18OS. The summed E-state index contributed by atoms with van der Waals surface area (Å²) in [5.41, 5.74) is 1.36. The average Bonchev–Trinajstić information content (AvgIpc) is 2.21. The molecule has 1 aromatic carbocycles. The van der Waals surface area contributed by atoms with Gasteiger partial charge < -0.3 is 4.74 Å². The Morgan fingerprint density at radius 3 is 2.50 bits per heavy atom. The lowest BCUT2D eigenvalue weighted by Gasteiger charge is -2.05. The molecule has 1 rings (SSSR count). The summed E-state index contributed by atoms with van der Waals surface area (Å²) in [5.74, 6) is 2.07. The van der Waals surface area contributed by atoms with Gasteiger partial charge >= 0.3 is 0 Å². The van der Waals surface area contributed by atoms with Gasteiger partial charge in [0.05, 0.1) is 6.61 Å². The molecular weight excluding hydrogens is 192 g/mol. The van der Waals surface area contributed by atoms with Gasteiger partial charge in [0.25, 0.3) is 0 Å². The first-order valence-electron chi connectivity index (χ1n) is 5.07. The predicted octanol–water partition coefficient (Wildman–Crippen LogP) is 3.73. The highest BCUT2D eigenvalue weighted by Crippen LogP contribution is 2.15. The first-order valence-corrected chi connectivity index (χ1v) is 6.47. The van der Waals surface area contributed by atoms with Gasteiger partial charge in [0.1, 0.15) is 5.75 Å². The van der Waals surface area contributed by atoms with Crippen molar-refractivity contribution in [3.63, 3.8) is 0 Å². The SMILES string of the molecule is CCCCOc1ccc(CSC)cc1. The highest BCUT2D eigenvalue weighted by Gasteiger charge is 1.94. The number of rotatable bonds is 6. The zero-order valence-corrected chi connectivity index (χ0v) is 9.77. The van der Waals surface area contributed by atoms with Crippen LogP contribution in [0.5, 0.6) is 5.75 Å². The summed E-state index contributed by atoms with van der Waals surface area (Å²) in [6.07, 6.45) is 4.43. The van der Waals surface area contributed by atoms with Gasteiger partial charge in [-0.1, -0.05) is 25.5 Å². The van der Waals surface area contributed by atoms with Gasteiger partial charge in [0, 0.05) is 5.75 Å². The van der Waals surface area contributed by atoms with Crippen molar-refractivity contribution < 1.29 is 4.74 Å². The Balaban J connectivity index is 2.38. The Morgan fingerprint density at radius 2 is 1.93 bits per heavy atom. The Bertz CT molecular complexity index is 243. The molecule has 0 atom stereocenters. The van der Waals surface area contributed by atoms with E-state index in [1.54, 1.807) is 0 Å². The third-order valence-corrected chi connectivity index (χ3v) is 2.62. The minimum absolute atomic E-state index is 0.832. The molecule has 2 heteroatoms. The van der Waals surface area contributed by atoms with Crippen molar-refractivity contribution >= 4 is 11.8 Å². The summed E-state index contributed by atoms with van der Waals surface area (Å²) in [6, 6.07) is 8.39. The second-order valence-corrected chi connectivity index (χ2v) is 4.15. The minimum Gasteiger partial charge on any atom is -0.494 e. The van der Waals surface area contributed by atoms with Crippen molar-refractivity contribution in [2.75, 3.05) is 12.9 Å². The lowest BCUT2D eigenvalue weighted by Crippen LogP contribution is -1.96. The Hall–Kier alpha value is -0.630. The van der Waals surface area contributed by atoms with Gasteiger partial charge in [0.2, 0.25) is 0 Å². The lowest BCUT2D eigenvalue weighted by atomic mass is 10.2. The summed E-state index contributed by atoms with van der Waals surface area (Å²) in [6.45, 7) is 3.00. The molecule has 1 nitrogen and oxygen atoms in total. The number of hydrogen-bond acceptors (Lipinski definition) is 2. The molecule has 0 fully saturated rings. The van der Waals surface area contributed by atoms with Crippen molar-refractivity contribution in [3.05, 3.63) is 29.8 Å². The van der Waals surface area contributed by atoms with Crippen LogP contribution in [0.25, 0.3) is 0 Å². The predicted molar refractivity (Wildman–Crippen MR) is 64.1 cm³/mol. The van der Waals surface area contributed by atoms with Crippen LogP contribution in [0.2, 0.25) is 0 Å². The van der Waals surface area contributed by atoms with Gasteiger partial charge in [-0.3, -0.25) is 0 Å². The molecule has 0 aliphatic carbocycles. The van der Waals surface area contributed by atoms with Crippen LogP contribution in [-0.2, 0) is 5.75 Å². The summed E-state index contributed by atoms with van der Waals surface area (Å²) in [7, 11) is 0. The topological polar surface area (TPSA) is 9.23 Å². The average molecular weight is 210 g/mol. The molecule has 0 saturated heterocycles. The van der Waals surface area contributed by atoms with Crippen molar-refractivity contribution in [2.24, 2.45) is 0 Å². The molecule has 1 aromatic rings. The third-order valence-electron chi connectivity index (χ3n) is 2.00. The van der Waals surface area contributed by atoms with Crippen LogP contribution in [0.1, 0.15) is 25.3 Å². The highest BCUT2D eigenvalue weighted by atomic mass is 32.2. The fourth-order valence-electron chi connectivity index (χ4n) is 1.18. The van der Waals surface area contributed by atoms with Crippen LogP contribution in [0.3, 0.4) is 0 Å². The van der Waals surface area contributed by atoms with Crippen molar-refractivity contribution in [1.29, 1.82) is 0 Å². The monoisotopic (exact) mass is 210 g/mol. The number of thioether (sulfide) groups is 1. The molecule has 0 amide bonds. The Labute approximate surface area is 90.9 Å². The normalized spacial score (nSPS) is 10.1. The standard InChI is InChI=1S/C12H18OS/c1-3-4-9-13-12-7-5-11(6-8-12)10-14-2/h5-8H,3-4,9-10H2,1-2H3. The van der Waals surface area contributed by atoms with Crippen molar-refractivity contribution in [2.45, 2.75) is 25.5 Å². The number of benzene rings is 1. The molecule has 0 radical (unpaired) electrons. The van der Waals surface area contributed by atoms with Crippen LogP contribution >= 0.6 is 11.8 Å². The third kappa shape index (κ3) is 4.05. The second-order valence-electron chi connectivity index (χ2n) is 3.28. The fourth-order valence-corrected chi connectivity index (χ4v) is 1.71. The van der Waals surface area contributed by atoms with Gasteiger partial charge in [-0.05, 0) is 30.4 Å². The molecule has 0 spiro atoms. The maximum absolute atomic E-state index is 5.57. The fraction of sp³-hybridized carbons (Fsp3) is 0.500. The molecule has 0 unspecified atom stereocenters. The molecule has 0 aliphatic rings. The van der Waals surface area contributed by atoms with Crippen LogP contribution in [-0.4, -0.2) is 12.9 Å². The number of hydrogen-bond donors (Lipinski definition) is 0. The van der Waals surface area contributed by atoms with Crippen LogP contribution in [0, 0.1) is 0 Å². The molecule has 0 N–H and O–H groups in total. The Kier molecular flexibility index (Phi) is 5.53. The van der Waals surface area contributed by atoms with Gasteiger partial charge in [-0.2, -0.15) is 11.8 Å². The Morgan fingerprint density at radius 1 is 1.21 bits per heavy atom. The van der Waals surface area contributed by atoms with Crippen molar-refractivity contribution in [1.82, 2.24) is 0 Å². The van der Waals surface area contributed by atoms with Gasteiger partial charge in [-0.15, -0.1) is 0 Å². The van der Waals surface area contributed by atoms with E-state index in [2.05, 4.69) is 37.4 Å². The number of ether oxygens (including phenoxy) is 1. The van der Waals surface area contributed by atoms with E-state index >= 15 is 0 Å². The maximum atomic E-state index is 5.57. The van der Waals surface area contributed by atoms with Gasteiger partial charge in [0.15, 0.2) is 0 Å². The molecule has 0 aromatic heterocycles. The van der Waals surface area contributed by atoms with E-state index in [9.17, 15) is 0 Å². The summed E-state index contributed by atoms with van der Waals surface area (Å²) >= 11 is 1.84. The quantitative estimate of drug-likeness (QED) is 0.662. The van der Waals surface area contributed by atoms with Crippen LogP contribution in [0.4, 0.5) is 0 Å². The van der Waals surface area contributed by atoms with E-state index in [0.29, 0.717) is 0 Å². The summed E-state index contributed by atoms with van der Waals surface area (Å²) in [5, 5.41) is 0. The second kappa shape index (κ2) is 6.77. The van der Waals surface area contributed by atoms with E-state index in [1.165, 1.54) is 12.0 Å². The molecule has 0 heterocycles. The van der Waals surface area contributed by atoms with Crippen LogP contribution in [0.15, 0.2) is 24.3 Å². The zero-order valence-electron chi connectivity index (χ0n) is 8.95. The van der Waals surface area contributed by atoms with E-state index in [1.807, 2.05) is 11.8 Å². The smallest absolute Gasteiger partial charge is 0.119 e. The maximum Gasteiger partial charge on any atom is 0.119 e. The zero-order chi connectivity index (χ0) is 10.2. The van der Waals surface area contributed by atoms with Gasteiger partial charge in [-0.25, -0.2) is 0 Å². The molecule has 0 aliphatic heterocycles. The molecule has 0 bridgehead atoms. The molecule has 78 valence electrons. The molecule has 0 saturated carbocycles. The minimum atomic E-state index is 0.832. The first-order chi connectivity index (χ1) is 6.86. The summed E-state index contributed by atoms with van der Waals surface area (Å²) < 4.78 is 5.57. The van der Waals surface area contributed by atoms with E-state index in [0.717, 1.165) is 24.5 Å². The van der Waals surface area contributed by atoms with E-state index in [4.69, 9.17) is 4.74 Å². The molecule has 14 heavy (non-hydrogen) atoms. The highest BCUT2D eigenvalue weighted by molar-refractivity contribution is 7.97. The summed E-state index contributed by atoms with van der Waals surface area (Å²) in [4.78, 5) is 0. The van der Waals surface area contributed by atoms with E-state index in [-0.39, 0.29) is 0 Å². The largest absolute Gasteiger partial charge is 0.494 e.